The van der Waals surface area contributed by atoms with E-state index in [0.717, 1.165) is 31.4 Å². The lowest BCUT2D eigenvalue weighted by Gasteiger charge is -2.37. The van der Waals surface area contributed by atoms with Crippen LogP contribution >= 0.6 is 0 Å². The molecular weight excluding hydrogens is 413 g/mol. The zero-order valence-corrected chi connectivity index (χ0v) is 18.1. The molecule has 1 aromatic carbocycles. The molecule has 2 fully saturated rings. The van der Waals surface area contributed by atoms with Gasteiger partial charge in [-0.15, -0.1) is 0 Å². The standard InChI is InChI=1S/C23H28FN5O3/c1-15(30)28-10-8-17(9-11-28)23(32)29-12-6-16(7-13-29)20-14-21(27-26-20)22(31)25-19-5-3-2-4-18(19)24/h2-5,14,16-17H,6-13H2,1H3,(H,25,31)(H,26,27). The summed E-state index contributed by atoms with van der Waals surface area (Å²) in [5.74, 6) is -0.550. The zero-order chi connectivity index (χ0) is 22.7. The number of carbonyl (C=O) groups excluding carboxylic acids is 3. The van der Waals surface area contributed by atoms with E-state index in [9.17, 15) is 18.8 Å². The van der Waals surface area contributed by atoms with Crippen molar-refractivity contribution >= 4 is 23.4 Å². The fourth-order valence-corrected chi connectivity index (χ4v) is 4.52. The summed E-state index contributed by atoms with van der Waals surface area (Å²) in [6.45, 7) is 4.18. The highest BCUT2D eigenvalue weighted by Gasteiger charge is 2.32. The monoisotopic (exact) mass is 441 g/mol. The van der Waals surface area contributed by atoms with Crippen molar-refractivity contribution < 1.29 is 18.8 Å². The van der Waals surface area contributed by atoms with Gasteiger partial charge in [-0.3, -0.25) is 19.5 Å². The van der Waals surface area contributed by atoms with Crippen molar-refractivity contribution in [3.05, 3.63) is 47.5 Å². The lowest BCUT2D eigenvalue weighted by molar-refractivity contribution is -0.140. The molecule has 0 spiro atoms. The number of nitrogens with zero attached hydrogens (tertiary/aromatic N) is 3. The minimum Gasteiger partial charge on any atom is -0.343 e. The Morgan fingerprint density at radius 2 is 1.69 bits per heavy atom. The van der Waals surface area contributed by atoms with Crippen LogP contribution in [-0.2, 0) is 9.59 Å². The Balaban J connectivity index is 1.29. The molecule has 32 heavy (non-hydrogen) atoms. The van der Waals surface area contributed by atoms with Gasteiger partial charge < -0.3 is 15.1 Å². The maximum atomic E-state index is 13.8. The number of hydrogen-bond acceptors (Lipinski definition) is 4. The number of para-hydroxylation sites is 1. The Bertz CT molecular complexity index is 991. The van der Waals surface area contributed by atoms with Crippen molar-refractivity contribution in [1.29, 1.82) is 0 Å². The highest BCUT2D eigenvalue weighted by molar-refractivity contribution is 6.03. The summed E-state index contributed by atoms with van der Waals surface area (Å²) < 4.78 is 13.8. The van der Waals surface area contributed by atoms with E-state index in [1.165, 1.54) is 12.1 Å². The van der Waals surface area contributed by atoms with Crippen molar-refractivity contribution in [2.75, 3.05) is 31.5 Å². The van der Waals surface area contributed by atoms with E-state index >= 15 is 0 Å². The normalized spacial score (nSPS) is 17.9. The van der Waals surface area contributed by atoms with E-state index in [0.29, 0.717) is 26.2 Å². The minimum atomic E-state index is -0.499. The molecule has 2 aliphatic heterocycles. The number of rotatable bonds is 4. The molecule has 0 atom stereocenters. The Morgan fingerprint density at radius 1 is 1.03 bits per heavy atom. The second-order valence-corrected chi connectivity index (χ2v) is 8.52. The molecule has 0 bridgehead atoms. The number of aromatic amines is 1. The molecule has 8 nitrogen and oxygen atoms in total. The first-order valence-electron chi connectivity index (χ1n) is 11.1. The third kappa shape index (κ3) is 4.81. The molecule has 9 heteroatoms. The number of carbonyl (C=O) groups is 3. The molecule has 0 radical (unpaired) electrons. The van der Waals surface area contributed by atoms with E-state index in [1.54, 1.807) is 30.0 Å². The Kier molecular flexibility index (Phi) is 6.53. The molecule has 0 unspecified atom stereocenters. The molecule has 1 aromatic heterocycles. The summed E-state index contributed by atoms with van der Waals surface area (Å²) in [6, 6.07) is 7.70. The van der Waals surface area contributed by atoms with Crippen molar-refractivity contribution in [1.82, 2.24) is 20.0 Å². The summed E-state index contributed by atoms with van der Waals surface area (Å²) in [5, 5.41) is 9.57. The largest absolute Gasteiger partial charge is 0.343 e. The molecule has 170 valence electrons. The number of hydrogen-bond donors (Lipinski definition) is 2. The van der Waals surface area contributed by atoms with E-state index in [-0.39, 0.29) is 35.0 Å². The van der Waals surface area contributed by atoms with E-state index in [1.807, 2.05) is 4.90 Å². The minimum absolute atomic E-state index is 0.0111. The van der Waals surface area contributed by atoms with Gasteiger partial charge in [-0.25, -0.2) is 4.39 Å². The molecule has 3 amide bonds. The third-order valence-corrected chi connectivity index (χ3v) is 6.49. The predicted molar refractivity (Wildman–Crippen MR) is 116 cm³/mol. The average molecular weight is 442 g/mol. The van der Waals surface area contributed by atoms with Gasteiger partial charge in [0.15, 0.2) is 5.69 Å². The van der Waals surface area contributed by atoms with E-state index in [4.69, 9.17) is 0 Å². The molecule has 2 N–H and O–H groups in total. The van der Waals surface area contributed by atoms with Gasteiger partial charge in [-0.05, 0) is 43.9 Å². The second kappa shape index (κ2) is 9.50. The van der Waals surface area contributed by atoms with Gasteiger partial charge >= 0.3 is 0 Å². The number of aromatic nitrogens is 2. The predicted octanol–water partition coefficient (Wildman–Crippen LogP) is 2.77. The van der Waals surface area contributed by atoms with Crippen LogP contribution in [0, 0.1) is 11.7 Å². The van der Waals surface area contributed by atoms with Crippen LogP contribution < -0.4 is 5.32 Å². The number of halogens is 1. The Morgan fingerprint density at radius 3 is 2.34 bits per heavy atom. The van der Waals surface area contributed by atoms with Gasteiger partial charge in [0, 0.05) is 50.6 Å². The summed E-state index contributed by atoms with van der Waals surface area (Å²) >= 11 is 0. The number of piperidine rings is 2. The summed E-state index contributed by atoms with van der Waals surface area (Å²) in [7, 11) is 0. The first-order chi connectivity index (χ1) is 15.4. The average Bonchev–Trinajstić information content (AvgIpc) is 3.31. The van der Waals surface area contributed by atoms with Crippen LogP contribution in [0.4, 0.5) is 10.1 Å². The number of nitrogens with one attached hydrogen (secondary N) is 2. The molecule has 2 aliphatic rings. The highest BCUT2D eigenvalue weighted by Crippen LogP contribution is 2.29. The van der Waals surface area contributed by atoms with E-state index < -0.39 is 11.7 Å². The summed E-state index contributed by atoms with van der Waals surface area (Å²) in [6.07, 6.45) is 3.02. The topological polar surface area (TPSA) is 98.4 Å². The SMILES string of the molecule is CC(=O)N1CCC(C(=O)N2CCC(c3cc(C(=O)Nc4ccccc4F)n[nH]3)CC2)CC1. The quantitative estimate of drug-likeness (QED) is 0.762. The number of benzene rings is 1. The zero-order valence-electron chi connectivity index (χ0n) is 18.1. The maximum absolute atomic E-state index is 13.8. The van der Waals surface area contributed by atoms with Crippen molar-refractivity contribution in [3.8, 4) is 0 Å². The molecule has 0 saturated carbocycles. The summed E-state index contributed by atoms with van der Waals surface area (Å²) in [4.78, 5) is 40.5. The van der Waals surface area contributed by atoms with Crippen LogP contribution in [0.25, 0.3) is 0 Å². The van der Waals surface area contributed by atoms with Crippen LogP contribution in [0.2, 0.25) is 0 Å². The van der Waals surface area contributed by atoms with Crippen LogP contribution in [0.5, 0.6) is 0 Å². The van der Waals surface area contributed by atoms with Crippen molar-refractivity contribution in [2.24, 2.45) is 5.92 Å². The van der Waals surface area contributed by atoms with Gasteiger partial charge in [0.25, 0.3) is 5.91 Å². The number of amides is 3. The van der Waals surface area contributed by atoms with Crippen molar-refractivity contribution in [2.45, 2.75) is 38.5 Å². The van der Waals surface area contributed by atoms with Crippen molar-refractivity contribution in [3.63, 3.8) is 0 Å². The number of likely N-dealkylation sites (tertiary alicyclic amines) is 2. The number of H-pyrrole nitrogens is 1. The van der Waals surface area contributed by atoms with Gasteiger partial charge in [0.2, 0.25) is 11.8 Å². The van der Waals surface area contributed by atoms with Gasteiger partial charge in [0.05, 0.1) is 5.69 Å². The lowest BCUT2D eigenvalue weighted by atomic mass is 9.90. The third-order valence-electron chi connectivity index (χ3n) is 6.49. The lowest BCUT2D eigenvalue weighted by Crippen LogP contribution is -2.46. The molecule has 2 aromatic rings. The molecule has 2 saturated heterocycles. The summed E-state index contributed by atoms with van der Waals surface area (Å²) in [5.41, 5.74) is 1.17. The maximum Gasteiger partial charge on any atom is 0.276 e. The van der Waals surface area contributed by atoms with E-state index in [2.05, 4.69) is 15.5 Å². The Hall–Kier alpha value is -3.23. The molecule has 0 aliphatic carbocycles. The molecular formula is C23H28FN5O3. The fourth-order valence-electron chi connectivity index (χ4n) is 4.52. The fraction of sp³-hybridized carbons (Fsp3) is 0.478. The van der Waals surface area contributed by atoms with Gasteiger partial charge in [0.1, 0.15) is 5.82 Å². The van der Waals surface area contributed by atoms with Gasteiger partial charge in [-0.2, -0.15) is 5.10 Å². The van der Waals surface area contributed by atoms with Crippen LogP contribution in [0.3, 0.4) is 0 Å². The molecule has 3 heterocycles. The first-order valence-corrected chi connectivity index (χ1v) is 11.1. The second-order valence-electron chi connectivity index (χ2n) is 8.52. The van der Waals surface area contributed by atoms with Crippen LogP contribution in [0.1, 0.15) is 54.7 Å². The highest BCUT2D eigenvalue weighted by atomic mass is 19.1. The first kappa shape index (κ1) is 22.0. The smallest absolute Gasteiger partial charge is 0.276 e. The number of anilines is 1. The Labute approximate surface area is 186 Å². The van der Waals surface area contributed by atoms with Crippen LogP contribution in [-0.4, -0.2) is 63.9 Å². The molecule has 4 rings (SSSR count). The van der Waals surface area contributed by atoms with Gasteiger partial charge in [-0.1, -0.05) is 12.1 Å². The van der Waals surface area contributed by atoms with Crippen LogP contribution in [0.15, 0.2) is 30.3 Å².